The Morgan fingerprint density at radius 1 is 0.731 bits per heavy atom. The highest BCUT2D eigenvalue weighted by Gasteiger charge is 2.51. The average molecular weight is 362 g/mol. The zero-order chi connectivity index (χ0) is 17.9. The van der Waals surface area contributed by atoms with Crippen LogP contribution in [0, 0.1) is 11.8 Å². The SMILES string of the molecule is O=C(OC1COC2C(OC(=O)C3CC=CCC3)COC12)C1CC=CCC1. The normalized spacial score (nSPS) is 38.8. The van der Waals surface area contributed by atoms with Gasteiger partial charge < -0.3 is 18.9 Å². The highest BCUT2D eigenvalue weighted by atomic mass is 16.7. The molecule has 0 spiro atoms. The Morgan fingerprint density at radius 2 is 1.19 bits per heavy atom. The molecule has 2 saturated heterocycles. The molecule has 6 nitrogen and oxygen atoms in total. The zero-order valence-electron chi connectivity index (χ0n) is 14.9. The quantitative estimate of drug-likeness (QED) is 0.565. The van der Waals surface area contributed by atoms with Gasteiger partial charge >= 0.3 is 11.9 Å². The van der Waals surface area contributed by atoms with E-state index >= 15 is 0 Å². The van der Waals surface area contributed by atoms with Crippen LogP contribution in [0.5, 0.6) is 0 Å². The van der Waals surface area contributed by atoms with Crippen LogP contribution in [-0.2, 0) is 28.5 Å². The van der Waals surface area contributed by atoms with E-state index < -0.39 is 12.2 Å². The standard InChI is InChI=1S/C20H26O6/c21-19(13-7-3-1-4-8-13)25-15-11-23-18-16(12-24-17(15)18)26-20(22)14-9-5-2-6-10-14/h1-3,5,13-18H,4,6-12H2. The third-order valence-corrected chi connectivity index (χ3v) is 5.70. The number of esters is 2. The molecular weight excluding hydrogens is 336 g/mol. The second-order valence-corrected chi connectivity index (χ2v) is 7.51. The van der Waals surface area contributed by atoms with Crippen molar-refractivity contribution >= 4 is 11.9 Å². The van der Waals surface area contributed by atoms with Crippen molar-refractivity contribution in [2.75, 3.05) is 13.2 Å². The Morgan fingerprint density at radius 3 is 1.58 bits per heavy atom. The van der Waals surface area contributed by atoms with Crippen LogP contribution in [0.15, 0.2) is 24.3 Å². The Hall–Kier alpha value is -1.66. The fourth-order valence-electron chi connectivity index (χ4n) is 4.14. The summed E-state index contributed by atoms with van der Waals surface area (Å²) in [4.78, 5) is 24.7. The summed E-state index contributed by atoms with van der Waals surface area (Å²) < 4.78 is 22.9. The van der Waals surface area contributed by atoms with Crippen molar-refractivity contribution in [1.29, 1.82) is 0 Å². The molecular formula is C20H26O6. The molecule has 2 fully saturated rings. The van der Waals surface area contributed by atoms with Gasteiger partial charge in [-0.1, -0.05) is 24.3 Å². The number of carbonyl (C=O) groups excluding carboxylic acids is 2. The number of hydrogen-bond donors (Lipinski definition) is 0. The van der Waals surface area contributed by atoms with Gasteiger partial charge in [-0.25, -0.2) is 0 Å². The van der Waals surface area contributed by atoms with Crippen LogP contribution in [0.4, 0.5) is 0 Å². The first kappa shape index (κ1) is 17.7. The van der Waals surface area contributed by atoms with Crippen LogP contribution >= 0.6 is 0 Å². The molecule has 6 heteroatoms. The Labute approximate surface area is 153 Å². The molecule has 2 aliphatic carbocycles. The van der Waals surface area contributed by atoms with Crippen molar-refractivity contribution in [3.8, 4) is 0 Å². The number of carbonyl (C=O) groups is 2. The molecule has 0 aromatic carbocycles. The monoisotopic (exact) mass is 362 g/mol. The predicted molar refractivity (Wildman–Crippen MR) is 92.2 cm³/mol. The highest BCUT2D eigenvalue weighted by molar-refractivity contribution is 5.73. The number of allylic oxidation sites excluding steroid dienone is 4. The molecule has 0 N–H and O–H groups in total. The first-order chi connectivity index (χ1) is 12.7. The highest BCUT2D eigenvalue weighted by Crippen LogP contribution is 2.33. The lowest BCUT2D eigenvalue weighted by Crippen LogP contribution is -2.37. The molecule has 142 valence electrons. The first-order valence-corrected chi connectivity index (χ1v) is 9.66. The van der Waals surface area contributed by atoms with E-state index in [0.29, 0.717) is 13.2 Å². The average Bonchev–Trinajstić information content (AvgIpc) is 3.27. The lowest BCUT2D eigenvalue weighted by atomic mass is 9.94. The van der Waals surface area contributed by atoms with Crippen molar-refractivity contribution in [1.82, 2.24) is 0 Å². The van der Waals surface area contributed by atoms with Gasteiger partial charge in [0.25, 0.3) is 0 Å². The molecule has 0 aromatic rings. The number of rotatable bonds is 4. The summed E-state index contributed by atoms with van der Waals surface area (Å²) in [6.45, 7) is 0.591. The maximum Gasteiger partial charge on any atom is 0.309 e. The maximum absolute atomic E-state index is 12.3. The van der Waals surface area contributed by atoms with Crippen LogP contribution < -0.4 is 0 Å². The van der Waals surface area contributed by atoms with Gasteiger partial charge in [-0.05, 0) is 38.5 Å². The fourth-order valence-corrected chi connectivity index (χ4v) is 4.14. The van der Waals surface area contributed by atoms with Crippen molar-refractivity contribution in [2.24, 2.45) is 11.8 Å². The summed E-state index contributed by atoms with van der Waals surface area (Å²) in [5.41, 5.74) is 0. The van der Waals surface area contributed by atoms with Gasteiger partial charge in [-0.2, -0.15) is 0 Å². The first-order valence-electron chi connectivity index (χ1n) is 9.66. The maximum atomic E-state index is 12.3. The van der Waals surface area contributed by atoms with E-state index in [1.807, 2.05) is 12.2 Å². The summed E-state index contributed by atoms with van der Waals surface area (Å²) in [5, 5.41) is 0. The molecule has 0 radical (unpaired) electrons. The largest absolute Gasteiger partial charge is 0.457 e. The Balaban J connectivity index is 1.29. The molecule has 6 atom stereocenters. The zero-order valence-corrected chi connectivity index (χ0v) is 14.9. The smallest absolute Gasteiger partial charge is 0.309 e. The Bertz CT molecular complexity index is 545. The van der Waals surface area contributed by atoms with E-state index in [0.717, 1.165) is 38.5 Å². The topological polar surface area (TPSA) is 71.1 Å². The van der Waals surface area contributed by atoms with Gasteiger partial charge in [0.15, 0.2) is 12.2 Å². The minimum atomic E-state index is -0.417. The molecule has 4 aliphatic rings. The lowest BCUT2D eigenvalue weighted by molar-refractivity contribution is -0.160. The molecule has 6 unspecified atom stereocenters. The van der Waals surface area contributed by atoms with E-state index in [-0.39, 0.29) is 36.0 Å². The minimum absolute atomic E-state index is 0.0755. The summed E-state index contributed by atoms with van der Waals surface area (Å²) in [6.07, 6.45) is 11.7. The van der Waals surface area contributed by atoms with Crippen molar-refractivity contribution in [3.05, 3.63) is 24.3 Å². The molecule has 0 amide bonds. The molecule has 2 aliphatic heterocycles. The van der Waals surface area contributed by atoms with E-state index in [2.05, 4.69) is 12.2 Å². The second-order valence-electron chi connectivity index (χ2n) is 7.51. The molecule has 4 rings (SSSR count). The van der Waals surface area contributed by atoms with E-state index in [9.17, 15) is 9.59 Å². The predicted octanol–water partition coefficient (Wildman–Crippen LogP) is 2.32. The summed E-state index contributed by atoms with van der Waals surface area (Å²) >= 11 is 0. The van der Waals surface area contributed by atoms with Crippen LogP contribution in [0.25, 0.3) is 0 Å². The van der Waals surface area contributed by atoms with Crippen LogP contribution in [0.2, 0.25) is 0 Å². The molecule has 0 saturated carbocycles. The van der Waals surface area contributed by atoms with Crippen LogP contribution in [-0.4, -0.2) is 49.6 Å². The summed E-state index contributed by atoms with van der Waals surface area (Å²) in [7, 11) is 0. The van der Waals surface area contributed by atoms with Crippen LogP contribution in [0.1, 0.15) is 38.5 Å². The molecule has 26 heavy (non-hydrogen) atoms. The third kappa shape index (κ3) is 3.71. The minimum Gasteiger partial charge on any atom is -0.457 e. The number of hydrogen-bond acceptors (Lipinski definition) is 6. The van der Waals surface area contributed by atoms with Gasteiger partial charge in [0.1, 0.15) is 12.2 Å². The van der Waals surface area contributed by atoms with Crippen molar-refractivity contribution in [3.63, 3.8) is 0 Å². The summed E-state index contributed by atoms with van der Waals surface area (Å²) in [6, 6.07) is 0. The Kier molecular flexibility index (Phi) is 5.41. The lowest BCUT2D eigenvalue weighted by Gasteiger charge is -2.22. The van der Waals surface area contributed by atoms with E-state index in [4.69, 9.17) is 18.9 Å². The van der Waals surface area contributed by atoms with Gasteiger partial charge in [0, 0.05) is 0 Å². The molecule has 0 aromatic heterocycles. The third-order valence-electron chi connectivity index (χ3n) is 5.70. The second kappa shape index (κ2) is 7.92. The van der Waals surface area contributed by atoms with Crippen molar-refractivity contribution in [2.45, 2.75) is 62.9 Å². The van der Waals surface area contributed by atoms with Gasteiger partial charge in [-0.15, -0.1) is 0 Å². The summed E-state index contributed by atoms with van der Waals surface area (Å²) in [5.74, 6) is -0.509. The number of ether oxygens (including phenoxy) is 4. The molecule has 2 heterocycles. The van der Waals surface area contributed by atoms with Gasteiger partial charge in [0.05, 0.1) is 25.0 Å². The van der Waals surface area contributed by atoms with E-state index in [1.165, 1.54) is 0 Å². The number of fused-ring (bicyclic) bond motifs is 1. The van der Waals surface area contributed by atoms with E-state index in [1.54, 1.807) is 0 Å². The van der Waals surface area contributed by atoms with Crippen molar-refractivity contribution < 1.29 is 28.5 Å². The fraction of sp³-hybridized carbons (Fsp3) is 0.700. The van der Waals surface area contributed by atoms with Gasteiger partial charge in [0.2, 0.25) is 0 Å². The molecule has 0 bridgehead atoms. The van der Waals surface area contributed by atoms with Crippen LogP contribution in [0.3, 0.4) is 0 Å². The van der Waals surface area contributed by atoms with Gasteiger partial charge in [-0.3, -0.25) is 9.59 Å².